The van der Waals surface area contributed by atoms with Gasteiger partial charge in [0, 0.05) is 12.6 Å². The van der Waals surface area contributed by atoms with Crippen LogP contribution in [0.4, 0.5) is 0 Å². The number of aryl methyl sites for hydroxylation is 1. The molecule has 1 N–H and O–H groups in total. The molecule has 0 saturated carbocycles. The molecule has 0 saturated heterocycles. The molecule has 25 heavy (non-hydrogen) atoms. The minimum Gasteiger partial charge on any atom is -0.417 e. The third-order valence-electron chi connectivity index (χ3n) is 4.96. The van der Waals surface area contributed by atoms with E-state index >= 15 is 0 Å². The van der Waals surface area contributed by atoms with Crippen LogP contribution in [0.3, 0.4) is 0 Å². The zero-order valence-corrected chi connectivity index (χ0v) is 19.3. The minimum absolute atomic E-state index is 0.0328. The molecule has 0 heterocycles. The van der Waals surface area contributed by atoms with Crippen LogP contribution in [0.2, 0.25) is 18.1 Å². The van der Waals surface area contributed by atoms with E-state index < -0.39 is 19.3 Å². The topological polar surface area (TPSA) is 38.3 Å². The summed E-state index contributed by atoms with van der Waals surface area (Å²) >= 11 is 0. The first kappa shape index (κ1) is 22.5. The van der Waals surface area contributed by atoms with Crippen LogP contribution < -0.4 is 4.72 Å². The summed E-state index contributed by atoms with van der Waals surface area (Å²) in [6.07, 6.45) is 0.817. The van der Waals surface area contributed by atoms with Gasteiger partial charge in [-0.25, -0.2) is 8.93 Å². The predicted molar refractivity (Wildman–Crippen MR) is 113 cm³/mol. The van der Waals surface area contributed by atoms with Gasteiger partial charge in [-0.15, -0.1) is 0 Å². The highest BCUT2D eigenvalue weighted by Gasteiger charge is 2.37. The Morgan fingerprint density at radius 2 is 1.60 bits per heavy atom. The van der Waals surface area contributed by atoms with E-state index in [0.717, 1.165) is 6.42 Å². The van der Waals surface area contributed by atoms with Crippen LogP contribution in [0.1, 0.15) is 65.1 Å². The zero-order valence-electron chi connectivity index (χ0n) is 17.5. The van der Waals surface area contributed by atoms with Gasteiger partial charge in [0.2, 0.25) is 0 Å². The monoisotopic (exact) mass is 383 g/mol. The molecule has 0 bridgehead atoms. The van der Waals surface area contributed by atoms with Crippen LogP contribution in [0, 0.1) is 6.92 Å². The molecule has 0 amide bonds. The van der Waals surface area contributed by atoms with E-state index in [0.29, 0.717) is 6.61 Å². The molecule has 0 fully saturated rings. The normalized spacial score (nSPS) is 15.9. The maximum Gasteiger partial charge on any atom is 0.191 e. The van der Waals surface area contributed by atoms with Gasteiger partial charge in [0.25, 0.3) is 0 Å². The summed E-state index contributed by atoms with van der Waals surface area (Å²) in [7, 11) is -2.87. The molecule has 3 nitrogen and oxygen atoms in total. The lowest BCUT2D eigenvalue weighted by Gasteiger charge is -2.36. The summed E-state index contributed by atoms with van der Waals surface area (Å²) < 4.78 is 22.0. The van der Waals surface area contributed by atoms with Crippen molar-refractivity contribution in [2.75, 3.05) is 6.61 Å². The van der Waals surface area contributed by atoms with Crippen molar-refractivity contribution in [3.8, 4) is 0 Å². The Balaban J connectivity index is 2.85. The molecule has 0 unspecified atom stereocenters. The van der Waals surface area contributed by atoms with Crippen molar-refractivity contribution in [2.24, 2.45) is 0 Å². The van der Waals surface area contributed by atoms with Crippen LogP contribution in [0.5, 0.6) is 0 Å². The summed E-state index contributed by atoms with van der Waals surface area (Å²) in [5.41, 5.74) is 2.40. The molecule has 0 aliphatic heterocycles. The molecule has 1 aromatic rings. The van der Waals surface area contributed by atoms with Crippen molar-refractivity contribution in [1.82, 2.24) is 4.72 Å². The van der Waals surface area contributed by atoms with Crippen molar-refractivity contribution in [1.29, 1.82) is 0 Å². The molecule has 144 valence electrons. The highest BCUT2D eigenvalue weighted by Crippen LogP contribution is 2.37. The SMILES string of the molecule is Cc1ccc([C@@H](CCO[Si](C)(C)C(C)(C)C)N[S@@](=O)C(C)(C)C)cc1. The molecular formula is C20H37NO2SSi. The Morgan fingerprint density at radius 3 is 2.04 bits per heavy atom. The maximum atomic E-state index is 12.6. The number of nitrogens with one attached hydrogen (secondary N) is 1. The van der Waals surface area contributed by atoms with E-state index in [1.807, 2.05) is 20.8 Å². The summed E-state index contributed by atoms with van der Waals surface area (Å²) in [6.45, 7) is 20.1. The second-order valence-corrected chi connectivity index (χ2v) is 16.2. The van der Waals surface area contributed by atoms with Gasteiger partial charge >= 0.3 is 0 Å². The fraction of sp³-hybridized carbons (Fsp3) is 0.700. The van der Waals surface area contributed by atoms with E-state index in [1.165, 1.54) is 11.1 Å². The summed E-state index contributed by atoms with van der Waals surface area (Å²) in [6, 6.07) is 8.50. The molecular weight excluding hydrogens is 346 g/mol. The lowest BCUT2D eigenvalue weighted by molar-refractivity contribution is 0.269. The van der Waals surface area contributed by atoms with Crippen LogP contribution in [-0.4, -0.2) is 23.9 Å². The molecule has 0 spiro atoms. The Hall–Kier alpha value is -0.493. The standard InChI is InChI=1S/C20H37NO2SSi/c1-16-10-12-17(13-11-16)18(21-24(22)19(2,3)4)14-15-23-25(8,9)20(5,6)7/h10-13,18,21H,14-15H2,1-9H3/t18-,24+/m1/s1. The summed E-state index contributed by atoms with van der Waals surface area (Å²) in [4.78, 5) is 0. The minimum atomic E-state index is -1.76. The van der Waals surface area contributed by atoms with Gasteiger partial charge in [-0.3, -0.25) is 0 Å². The van der Waals surface area contributed by atoms with Crippen LogP contribution in [-0.2, 0) is 15.4 Å². The van der Waals surface area contributed by atoms with Gasteiger partial charge in [-0.1, -0.05) is 50.6 Å². The first-order valence-corrected chi connectivity index (χ1v) is 13.2. The quantitative estimate of drug-likeness (QED) is 0.631. The first-order chi connectivity index (χ1) is 11.2. The number of hydrogen-bond donors (Lipinski definition) is 1. The fourth-order valence-corrected chi connectivity index (χ4v) is 3.97. The maximum absolute atomic E-state index is 12.6. The van der Waals surface area contributed by atoms with Gasteiger partial charge in [0.05, 0.1) is 15.7 Å². The van der Waals surface area contributed by atoms with E-state index in [1.54, 1.807) is 0 Å². The zero-order chi connectivity index (χ0) is 19.5. The first-order valence-electron chi connectivity index (χ1n) is 9.12. The Morgan fingerprint density at radius 1 is 1.08 bits per heavy atom. The smallest absolute Gasteiger partial charge is 0.191 e. The van der Waals surface area contributed by atoms with E-state index in [2.05, 4.69) is 69.8 Å². The van der Waals surface area contributed by atoms with Gasteiger partial charge in [-0.05, 0) is 57.8 Å². The average Bonchev–Trinajstić information content (AvgIpc) is 2.44. The summed E-state index contributed by atoms with van der Waals surface area (Å²) in [5.74, 6) is 0. The molecule has 0 aliphatic rings. The van der Waals surface area contributed by atoms with Gasteiger partial charge in [0.15, 0.2) is 8.32 Å². The molecule has 0 aromatic heterocycles. The Kier molecular flexibility index (Phi) is 7.63. The van der Waals surface area contributed by atoms with Crippen molar-refractivity contribution in [2.45, 2.75) is 83.8 Å². The average molecular weight is 384 g/mol. The molecule has 0 radical (unpaired) electrons. The molecule has 5 heteroatoms. The molecule has 2 atom stereocenters. The van der Waals surface area contributed by atoms with Crippen molar-refractivity contribution >= 4 is 19.3 Å². The lowest BCUT2D eigenvalue weighted by atomic mass is 10.0. The molecule has 0 aliphatic carbocycles. The van der Waals surface area contributed by atoms with Crippen LogP contribution in [0.15, 0.2) is 24.3 Å². The highest BCUT2D eigenvalue weighted by atomic mass is 32.2. The van der Waals surface area contributed by atoms with Gasteiger partial charge in [0.1, 0.15) is 0 Å². The number of rotatable bonds is 7. The van der Waals surface area contributed by atoms with E-state index in [4.69, 9.17) is 4.43 Å². The molecule has 1 aromatic carbocycles. The largest absolute Gasteiger partial charge is 0.417 e. The highest BCUT2D eigenvalue weighted by molar-refractivity contribution is 7.84. The predicted octanol–water partition coefficient (Wildman–Crippen LogP) is 5.50. The summed E-state index contributed by atoms with van der Waals surface area (Å²) in [5, 5.41) is 0.202. The van der Waals surface area contributed by atoms with E-state index in [9.17, 15) is 4.21 Å². The van der Waals surface area contributed by atoms with Crippen LogP contribution in [0.25, 0.3) is 0 Å². The van der Waals surface area contributed by atoms with Gasteiger partial charge < -0.3 is 4.43 Å². The molecule has 1 rings (SSSR count). The fourth-order valence-electron chi connectivity index (χ4n) is 2.05. The van der Waals surface area contributed by atoms with Crippen molar-refractivity contribution in [3.63, 3.8) is 0 Å². The van der Waals surface area contributed by atoms with E-state index in [-0.39, 0.29) is 15.8 Å². The van der Waals surface area contributed by atoms with Crippen molar-refractivity contribution in [3.05, 3.63) is 35.4 Å². The lowest BCUT2D eigenvalue weighted by Crippen LogP contribution is -2.42. The van der Waals surface area contributed by atoms with Crippen molar-refractivity contribution < 1.29 is 8.63 Å². The third-order valence-corrected chi connectivity index (χ3v) is 11.1. The Labute approximate surface area is 158 Å². The van der Waals surface area contributed by atoms with Crippen LogP contribution >= 0.6 is 0 Å². The Bertz CT molecular complexity index is 571. The number of benzene rings is 1. The number of hydrogen-bond acceptors (Lipinski definition) is 2. The third kappa shape index (κ3) is 6.97. The second kappa shape index (κ2) is 8.46. The second-order valence-electron chi connectivity index (χ2n) is 9.36. The van der Waals surface area contributed by atoms with Gasteiger partial charge in [-0.2, -0.15) is 0 Å².